The summed E-state index contributed by atoms with van der Waals surface area (Å²) in [6, 6.07) is 2.14. The number of sulfonamides is 1. The van der Waals surface area contributed by atoms with Gasteiger partial charge in [-0.3, -0.25) is 0 Å². The number of carbonyl (C=O) groups excluding carboxylic acids is 1. The van der Waals surface area contributed by atoms with Crippen LogP contribution in [0.25, 0.3) is 0 Å². The van der Waals surface area contributed by atoms with Crippen LogP contribution in [-0.2, 0) is 14.8 Å². The number of rotatable bonds is 4. The molecule has 0 saturated carbocycles. The zero-order valence-electron chi connectivity index (χ0n) is 11.2. The summed E-state index contributed by atoms with van der Waals surface area (Å²) in [6.07, 6.45) is -0.351. The molecule has 0 saturated heterocycles. The second-order valence-corrected chi connectivity index (χ2v) is 7.01. The Hall–Kier alpha value is -0.820. The number of esters is 1. The fourth-order valence-corrected chi connectivity index (χ4v) is 2.28. The molecule has 0 radical (unpaired) electrons. The normalized spacial score (nSPS) is 13.3. The molecule has 1 unspecified atom stereocenters. The van der Waals surface area contributed by atoms with Gasteiger partial charge in [-0.2, -0.15) is 0 Å². The first-order chi connectivity index (χ1) is 9.04. The summed E-state index contributed by atoms with van der Waals surface area (Å²) in [4.78, 5) is 11.7. The Morgan fingerprint density at radius 2 is 1.80 bits per heavy atom. The summed E-state index contributed by atoms with van der Waals surface area (Å²) in [5, 5.41) is 4.86. The quantitative estimate of drug-likeness (QED) is 0.854. The van der Waals surface area contributed by atoms with Gasteiger partial charge in [0.25, 0.3) is 0 Å². The van der Waals surface area contributed by atoms with E-state index in [9.17, 15) is 13.2 Å². The SMILES string of the molecule is CC(C)C(C)OC(=O)c1cc(S(N)(=O)=O)cc(Cl)c1Cl. The van der Waals surface area contributed by atoms with Crippen molar-refractivity contribution in [1.82, 2.24) is 0 Å². The molecule has 0 amide bonds. The molecule has 0 heterocycles. The van der Waals surface area contributed by atoms with Crippen LogP contribution in [0.15, 0.2) is 17.0 Å². The average Bonchev–Trinajstić information content (AvgIpc) is 2.30. The largest absolute Gasteiger partial charge is 0.459 e. The third-order valence-corrected chi connectivity index (χ3v) is 4.48. The summed E-state index contributed by atoms with van der Waals surface area (Å²) in [6.45, 7) is 5.49. The van der Waals surface area contributed by atoms with E-state index < -0.39 is 16.0 Å². The van der Waals surface area contributed by atoms with Gasteiger partial charge < -0.3 is 4.74 Å². The van der Waals surface area contributed by atoms with Crippen molar-refractivity contribution in [3.63, 3.8) is 0 Å². The predicted molar refractivity (Wildman–Crippen MR) is 77.6 cm³/mol. The summed E-state index contributed by atoms with van der Waals surface area (Å²) in [7, 11) is -3.99. The molecule has 1 aromatic carbocycles. The average molecular weight is 340 g/mol. The van der Waals surface area contributed by atoms with Crippen molar-refractivity contribution < 1.29 is 17.9 Å². The smallest absolute Gasteiger partial charge is 0.340 e. The highest BCUT2D eigenvalue weighted by atomic mass is 35.5. The topological polar surface area (TPSA) is 86.5 Å². The van der Waals surface area contributed by atoms with Gasteiger partial charge in [0.15, 0.2) is 0 Å². The van der Waals surface area contributed by atoms with E-state index in [1.54, 1.807) is 6.92 Å². The van der Waals surface area contributed by atoms with E-state index in [0.29, 0.717) is 0 Å². The van der Waals surface area contributed by atoms with Gasteiger partial charge in [0.2, 0.25) is 10.0 Å². The van der Waals surface area contributed by atoms with Gasteiger partial charge >= 0.3 is 5.97 Å². The van der Waals surface area contributed by atoms with Crippen molar-refractivity contribution in [2.75, 3.05) is 0 Å². The minimum absolute atomic E-state index is 0.0694. The number of primary sulfonamides is 1. The van der Waals surface area contributed by atoms with E-state index >= 15 is 0 Å². The number of hydrogen-bond acceptors (Lipinski definition) is 4. The Kier molecular flexibility index (Phi) is 5.43. The van der Waals surface area contributed by atoms with Crippen LogP contribution in [0.4, 0.5) is 0 Å². The molecule has 1 aromatic rings. The maximum Gasteiger partial charge on any atom is 0.340 e. The number of nitrogens with two attached hydrogens (primary N) is 1. The first kappa shape index (κ1) is 17.2. The van der Waals surface area contributed by atoms with Crippen LogP contribution in [0.1, 0.15) is 31.1 Å². The number of carbonyl (C=O) groups is 1. The lowest BCUT2D eigenvalue weighted by atomic mass is 10.1. The van der Waals surface area contributed by atoms with Crippen molar-refractivity contribution in [2.45, 2.75) is 31.8 Å². The summed E-state index contributed by atoms with van der Waals surface area (Å²) >= 11 is 11.7. The van der Waals surface area contributed by atoms with Gasteiger partial charge in [-0.05, 0) is 25.0 Å². The van der Waals surface area contributed by atoms with E-state index in [-0.39, 0.29) is 32.5 Å². The first-order valence-electron chi connectivity index (χ1n) is 5.77. The molecule has 20 heavy (non-hydrogen) atoms. The van der Waals surface area contributed by atoms with Crippen LogP contribution in [-0.4, -0.2) is 20.5 Å². The fourth-order valence-electron chi connectivity index (χ4n) is 1.25. The Bertz CT molecular complexity index is 629. The fraction of sp³-hybridized carbons (Fsp3) is 0.417. The summed E-state index contributed by atoms with van der Waals surface area (Å²) < 4.78 is 27.8. The highest BCUT2D eigenvalue weighted by Crippen LogP contribution is 2.30. The van der Waals surface area contributed by atoms with Crippen LogP contribution in [0.3, 0.4) is 0 Å². The molecule has 0 aliphatic carbocycles. The minimum atomic E-state index is -3.99. The van der Waals surface area contributed by atoms with Crippen LogP contribution < -0.4 is 5.14 Å². The maximum absolute atomic E-state index is 12.0. The van der Waals surface area contributed by atoms with Gasteiger partial charge in [0.1, 0.15) is 6.10 Å². The number of benzene rings is 1. The van der Waals surface area contributed by atoms with Gasteiger partial charge in [0.05, 0.1) is 20.5 Å². The van der Waals surface area contributed by atoms with E-state index in [1.807, 2.05) is 13.8 Å². The molecular weight excluding hydrogens is 325 g/mol. The highest BCUT2D eigenvalue weighted by molar-refractivity contribution is 7.89. The van der Waals surface area contributed by atoms with E-state index in [2.05, 4.69) is 0 Å². The van der Waals surface area contributed by atoms with Crippen LogP contribution >= 0.6 is 23.2 Å². The number of ether oxygens (including phenoxy) is 1. The van der Waals surface area contributed by atoms with Gasteiger partial charge in [-0.15, -0.1) is 0 Å². The molecule has 0 aliphatic heterocycles. The molecule has 0 aliphatic rings. The van der Waals surface area contributed by atoms with E-state index in [4.69, 9.17) is 33.1 Å². The monoisotopic (exact) mass is 339 g/mol. The van der Waals surface area contributed by atoms with Crippen LogP contribution in [0.5, 0.6) is 0 Å². The van der Waals surface area contributed by atoms with Gasteiger partial charge in [-0.25, -0.2) is 18.4 Å². The van der Waals surface area contributed by atoms with Crippen LogP contribution in [0.2, 0.25) is 10.0 Å². The molecular formula is C12H15Cl2NO4S. The Morgan fingerprint density at radius 1 is 1.25 bits per heavy atom. The zero-order chi connectivity index (χ0) is 15.7. The zero-order valence-corrected chi connectivity index (χ0v) is 13.5. The number of halogens is 2. The highest BCUT2D eigenvalue weighted by Gasteiger charge is 2.22. The molecule has 0 spiro atoms. The lowest BCUT2D eigenvalue weighted by Crippen LogP contribution is -2.21. The minimum Gasteiger partial charge on any atom is -0.459 e. The Labute approximate surface area is 128 Å². The van der Waals surface area contributed by atoms with Crippen molar-refractivity contribution in [2.24, 2.45) is 11.1 Å². The molecule has 0 fully saturated rings. The second-order valence-electron chi connectivity index (χ2n) is 4.67. The van der Waals surface area contributed by atoms with E-state index in [1.165, 1.54) is 0 Å². The van der Waals surface area contributed by atoms with Crippen molar-refractivity contribution in [3.8, 4) is 0 Å². The van der Waals surface area contributed by atoms with Crippen molar-refractivity contribution in [3.05, 3.63) is 27.7 Å². The Morgan fingerprint density at radius 3 is 2.25 bits per heavy atom. The number of hydrogen-bond donors (Lipinski definition) is 1. The molecule has 112 valence electrons. The third kappa shape index (κ3) is 4.09. The standard InChI is InChI=1S/C12H15Cl2NO4S/c1-6(2)7(3)19-12(16)9-4-8(20(15,17)18)5-10(13)11(9)14/h4-7H,1-3H3,(H2,15,17,18). The molecule has 5 nitrogen and oxygen atoms in total. The van der Waals surface area contributed by atoms with Gasteiger partial charge in [0, 0.05) is 0 Å². The third-order valence-electron chi connectivity index (χ3n) is 2.78. The van der Waals surface area contributed by atoms with Crippen molar-refractivity contribution >= 4 is 39.2 Å². The molecule has 8 heteroatoms. The lowest BCUT2D eigenvalue weighted by molar-refractivity contribution is 0.0238. The second kappa shape index (κ2) is 6.30. The summed E-state index contributed by atoms with van der Waals surface area (Å²) in [5.74, 6) is -0.641. The first-order valence-corrected chi connectivity index (χ1v) is 8.07. The lowest BCUT2D eigenvalue weighted by Gasteiger charge is -2.17. The Balaban J connectivity index is 3.24. The van der Waals surface area contributed by atoms with E-state index in [0.717, 1.165) is 12.1 Å². The molecule has 1 atom stereocenters. The van der Waals surface area contributed by atoms with Gasteiger partial charge in [-0.1, -0.05) is 37.0 Å². The summed E-state index contributed by atoms with van der Waals surface area (Å²) in [5.41, 5.74) is -0.129. The molecule has 0 aromatic heterocycles. The predicted octanol–water partition coefficient (Wildman–Crippen LogP) is 2.84. The molecule has 2 N–H and O–H groups in total. The maximum atomic E-state index is 12.0. The van der Waals surface area contributed by atoms with Crippen LogP contribution in [0, 0.1) is 5.92 Å². The van der Waals surface area contributed by atoms with Crippen molar-refractivity contribution in [1.29, 1.82) is 0 Å². The molecule has 1 rings (SSSR count). The molecule has 0 bridgehead atoms.